The van der Waals surface area contributed by atoms with Crippen molar-refractivity contribution in [2.24, 2.45) is 17.3 Å². The molecule has 2 saturated heterocycles. The summed E-state index contributed by atoms with van der Waals surface area (Å²) in [5.74, 6) is -2.29. The zero-order chi connectivity index (χ0) is 36.6. The summed E-state index contributed by atoms with van der Waals surface area (Å²) in [6.45, 7) is 15.5. The monoisotopic (exact) mass is 707 g/mol. The lowest BCUT2D eigenvalue weighted by atomic mass is 9.78. The van der Waals surface area contributed by atoms with E-state index in [9.17, 15) is 32.4 Å². The Balaban J connectivity index is 1.88. The van der Waals surface area contributed by atoms with Gasteiger partial charge in [-0.15, -0.1) is 6.58 Å². The van der Waals surface area contributed by atoms with Gasteiger partial charge in [0, 0.05) is 13.1 Å². The highest BCUT2D eigenvalue weighted by Gasteiger charge is 2.51. The third kappa shape index (κ3) is 10.3. The molecule has 0 aromatic carbocycles. The summed E-state index contributed by atoms with van der Waals surface area (Å²) in [7, 11) is -3.36. The summed E-state index contributed by atoms with van der Waals surface area (Å²) in [5, 5.41) is 10.7. The van der Waals surface area contributed by atoms with Crippen LogP contribution >= 0.6 is 0 Å². The van der Waals surface area contributed by atoms with Crippen molar-refractivity contribution in [3.63, 3.8) is 0 Å². The zero-order valence-corrected chi connectivity index (χ0v) is 31.4. The first-order valence-corrected chi connectivity index (χ1v) is 20.0. The van der Waals surface area contributed by atoms with E-state index in [1.807, 2.05) is 41.5 Å². The summed E-state index contributed by atoms with van der Waals surface area (Å²) < 4.78 is 26.1. The molecule has 0 bridgehead atoms. The highest BCUT2D eigenvalue weighted by atomic mass is 32.2. The molecule has 5 amide bonds. The Morgan fingerprint density at radius 1 is 1.00 bits per heavy atom. The summed E-state index contributed by atoms with van der Waals surface area (Å²) in [5.41, 5.74) is -1.65. The van der Waals surface area contributed by atoms with Gasteiger partial charge in [-0.25, -0.2) is 13.2 Å². The van der Waals surface area contributed by atoms with E-state index >= 15 is 0 Å². The minimum absolute atomic E-state index is 0.117. The number of ketones is 1. The first kappa shape index (κ1) is 40.5. The Kier molecular flexibility index (Phi) is 14.3. The molecule has 5 atom stereocenters. The Labute approximate surface area is 293 Å². The van der Waals surface area contributed by atoms with Crippen LogP contribution in [-0.2, 0) is 29.0 Å². The molecule has 3 rings (SSSR count). The third-order valence-electron chi connectivity index (χ3n) is 10.4. The predicted molar refractivity (Wildman–Crippen MR) is 190 cm³/mol. The average molecular weight is 708 g/mol. The number of amides is 5. The van der Waals surface area contributed by atoms with Gasteiger partial charge in [-0.1, -0.05) is 79.7 Å². The Morgan fingerprint density at radius 3 is 2.22 bits per heavy atom. The quantitative estimate of drug-likeness (QED) is 0.148. The molecular formula is C36H61N5O7S. The Morgan fingerprint density at radius 2 is 1.67 bits per heavy atom. The van der Waals surface area contributed by atoms with Crippen molar-refractivity contribution >= 4 is 39.4 Å². The molecule has 49 heavy (non-hydrogen) atoms. The van der Waals surface area contributed by atoms with Crippen molar-refractivity contribution in [1.29, 1.82) is 0 Å². The van der Waals surface area contributed by atoms with Gasteiger partial charge in [-0.05, 0) is 62.2 Å². The second-order valence-electron chi connectivity index (χ2n) is 15.8. The Hall–Kier alpha value is -2.96. The second-order valence-corrected chi connectivity index (χ2v) is 18.1. The maximum atomic E-state index is 14.5. The standard InChI is InChI=1S/C36H61N5O7S/c1-8-10-15-26(29(42)32(44)37-20-9-2)38-31(43)28-25(23-24(3)4)17-21-41(28)33(45)30(35(5,6)7)39-34(46)40-36(18-12-11-13-19-36)27-16-14-22-49(27,47)48/h9,24-28,30H,2,8,10-23H2,1,3-7H3,(H,37,44)(H,38,43)(H2,39,40,46)/t25-,26+,27+,28+,30-/m1/s1. The number of Topliss-reactive ketones (excluding diaryl/α,β-unsaturated/α-hetero) is 1. The van der Waals surface area contributed by atoms with Crippen LogP contribution in [0.25, 0.3) is 0 Å². The molecule has 3 aliphatic rings. The van der Waals surface area contributed by atoms with E-state index in [0.717, 1.165) is 25.7 Å². The van der Waals surface area contributed by atoms with Crippen LogP contribution in [0.15, 0.2) is 12.7 Å². The lowest BCUT2D eigenvalue weighted by molar-refractivity contribution is -0.144. The topological polar surface area (TPSA) is 171 Å². The highest BCUT2D eigenvalue weighted by molar-refractivity contribution is 7.92. The molecule has 3 fully saturated rings. The highest BCUT2D eigenvalue weighted by Crippen LogP contribution is 2.40. The average Bonchev–Trinajstić information content (AvgIpc) is 3.61. The van der Waals surface area contributed by atoms with Crippen LogP contribution in [-0.4, -0.2) is 90.6 Å². The van der Waals surface area contributed by atoms with Gasteiger partial charge in [-0.2, -0.15) is 0 Å². The lowest BCUT2D eigenvalue weighted by Gasteiger charge is -2.43. The number of nitrogens with one attached hydrogen (secondary N) is 4. The van der Waals surface area contributed by atoms with Gasteiger partial charge in [0.05, 0.1) is 22.6 Å². The number of unbranched alkanes of at least 4 members (excludes halogenated alkanes) is 1. The molecule has 13 heteroatoms. The second kappa shape index (κ2) is 17.3. The molecule has 12 nitrogen and oxygen atoms in total. The largest absolute Gasteiger partial charge is 0.346 e. The fourth-order valence-corrected chi connectivity index (χ4v) is 10.3. The number of sulfone groups is 1. The SMILES string of the molecule is C=CCNC(=O)C(=O)[C@H](CCCC)NC(=O)[C@@H]1[C@@H](CC(C)C)CCN1C(=O)[C@@H](NC(=O)NC1([C@@H]2CCCS2(=O)=O)CCCCC1)C(C)(C)C. The van der Waals surface area contributed by atoms with Crippen LogP contribution < -0.4 is 21.3 Å². The van der Waals surface area contributed by atoms with Gasteiger partial charge in [0.15, 0.2) is 9.84 Å². The molecule has 0 spiro atoms. The van der Waals surface area contributed by atoms with E-state index in [1.54, 1.807) is 0 Å². The molecule has 2 aliphatic heterocycles. The number of urea groups is 1. The fourth-order valence-electron chi connectivity index (χ4n) is 7.99. The van der Waals surface area contributed by atoms with E-state index in [1.165, 1.54) is 11.0 Å². The van der Waals surface area contributed by atoms with Crippen LogP contribution in [0.1, 0.15) is 119 Å². The van der Waals surface area contributed by atoms with Crippen molar-refractivity contribution in [3.8, 4) is 0 Å². The molecule has 1 saturated carbocycles. The Bertz CT molecular complexity index is 1320. The smallest absolute Gasteiger partial charge is 0.315 e. The number of carbonyl (C=O) groups is 5. The van der Waals surface area contributed by atoms with Gasteiger partial charge in [0.1, 0.15) is 12.1 Å². The summed E-state index contributed by atoms with van der Waals surface area (Å²) in [6, 6.07) is -3.56. The number of hydrogen-bond acceptors (Lipinski definition) is 7. The molecule has 0 aromatic rings. The van der Waals surface area contributed by atoms with Gasteiger partial charge in [-0.3, -0.25) is 19.2 Å². The van der Waals surface area contributed by atoms with Crippen molar-refractivity contribution in [1.82, 2.24) is 26.2 Å². The van der Waals surface area contributed by atoms with Crippen LogP contribution in [0.2, 0.25) is 0 Å². The fraction of sp³-hybridized carbons (Fsp3) is 0.806. The molecule has 0 aromatic heterocycles. The molecule has 0 unspecified atom stereocenters. The van der Waals surface area contributed by atoms with Gasteiger partial charge < -0.3 is 26.2 Å². The number of nitrogens with zero attached hydrogens (tertiary/aromatic N) is 1. The van der Waals surface area contributed by atoms with E-state index in [4.69, 9.17) is 0 Å². The summed E-state index contributed by atoms with van der Waals surface area (Å²) in [4.78, 5) is 69.6. The number of carbonyl (C=O) groups excluding carboxylic acids is 5. The molecular weight excluding hydrogens is 646 g/mol. The van der Waals surface area contributed by atoms with Crippen molar-refractivity contribution in [2.75, 3.05) is 18.8 Å². The van der Waals surface area contributed by atoms with Gasteiger partial charge in [0.25, 0.3) is 5.91 Å². The van der Waals surface area contributed by atoms with Crippen molar-refractivity contribution < 1.29 is 32.4 Å². The first-order chi connectivity index (χ1) is 23.0. The maximum absolute atomic E-state index is 14.5. The van der Waals surface area contributed by atoms with Crippen LogP contribution in [0.5, 0.6) is 0 Å². The maximum Gasteiger partial charge on any atom is 0.315 e. The molecule has 0 radical (unpaired) electrons. The minimum Gasteiger partial charge on any atom is -0.346 e. The number of rotatable bonds is 15. The molecule has 1 aliphatic carbocycles. The van der Waals surface area contributed by atoms with Crippen molar-refractivity contribution in [3.05, 3.63) is 12.7 Å². The minimum atomic E-state index is -3.36. The lowest BCUT2D eigenvalue weighted by Crippen LogP contribution is -2.65. The third-order valence-corrected chi connectivity index (χ3v) is 12.8. The van der Waals surface area contributed by atoms with Crippen LogP contribution in [0.3, 0.4) is 0 Å². The molecule has 278 valence electrons. The van der Waals surface area contributed by atoms with E-state index in [0.29, 0.717) is 51.5 Å². The van der Waals surface area contributed by atoms with E-state index < -0.39 is 73.7 Å². The molecule has 2 heterocycles. The van der Waals surface area contributed by atoms with Crippen LogP contribution in [0, 0.1) is 17.3 Å². The normalized spacial score (nSPS) is 24.5. The molecule has 4 N–H and O–H groups in total. The van der Waals surface area contributed by atoms with Gasteiger partial charge >= 0.3 is 6.03 Å². The first-order valence-electron chi connectivity index (χ1n) is 18.3. The predicted octanol–water partition coefficient (Wildman–Crippen LogP) is 3.79. The van der Waals surface area contributed by atoms with Crippen molar-refractivity contribution in [2.45, 2.75) is 148 Å². The van der Waals surface area contributed by atoms with Crippen LogP contribution in [0.4, 0.5) is 4.79 Å². The van der Waals surface area contributed by atoms with E-state index in [2.05, 4.69) is 27.8 Å². The van der Waals surface area contributed by atoms with E-state index in [-0.39, 0.29) is 30.6 Å². The number of likely N-dealkylation sites (tertiary alicyclic amines) is 1. The summed E-state index contributed by atoms with van der Waals surface area (Å²) >= 11 is 0. The van der Waals surface area contributed by atoms with Gasteiger partial charge in [0.2, 0.25) is 17.6 Å². The zero-order valence-electron chi connectivity index (χ0n) is 30.6. The summed E-state index contributed by atoms with van der Waals surface area (Å²) in [6.07, 6.45) is 9.16. The number of hydrogen-bond donors (Lipinski definition) is 4.